The number of rotatable bonds is 6. The number of benzene rings is 2. The van der Waals surface area contributed by atoms with Gasteiger partial charge in [-0.15, -0.1) is 11.8 Å². The quantitative estimate of drug-likeness (QED) is 0.786. The molecule has 0 heterocycles. The molecule has 1 aliphatic carbocycles. The van der Waals surface area contributed by atoms with E-state index in [2.05, 4.69) is 5.32 Å². The summed E-state index contributed by atoms with van der Waals surface area (Å²) in [5, 5.41) is 2.84. The zero-order valence-corrected chi connectivity index (χ0v) is 15.6. The van der Waals surface area contributed by atoms with Gasteiger partial charge < -0.3 is 10.2 Å². The molecule has 0 bridgehead atoms. The summed E-state index contributed by atoms with van der Waals surface area (Å²) in [6.07, 6.45) is 2.57. The van der Waals surface area contributed by atoms with E-state index in [1.54, 1.807) is 37.0 Å². The van der Waals surface area contributed by atoms with Crippen LogP contribution in [-0.4, -0.2) is 36.6 Å². The lowest BCUT2D eigenvalue weighted by Gasteiger charge is -2.17. The van der Waals surface area contributed by atoms with E-state index in [1.165, 1.54) is 11.0 Å². The lowest BCUT2D eigenvalue weighted by Crippen LogP contribution is -2.36. The van der Waals surface area contributed by atoms with Gasteiger partial charge in [0.25, 0.3) is 0 Å². The molecule has 0 saturated heterocycles. The van der Waals surface area contributed by atoms with Crippen LogP contribution in [0.2, 0.25) is 0 Å². The highest BCUT2D eigenvalue weighted by atomic mass is 32.2. The van der Waals surface area contributed by atoms with Crippen LogP contribution in [0.1, 0.15) is 17.9 Å². The molecule has 0 aliphatic heterocycles. The smallest absolute Gasteiger partial charge is 0.244 e. The van der Waals surface area contributed by atoms with Gasteiger partial charge in [-0.05, 0) is 42.4 Å². The summed E-state index contributed by atoms with van der Waals surface area (Å²) in [4.78, 5) is 27.2. The van der Waals surface area contributed by atoms with Crippen LogP contribution in [0, 0.1) is 11.7 Å². The van der Waals surface area contributed by atoms with Gasteiger partial charge in [-0.25, -0.2) is 4.39 Å². The molecule has 0 radical (unpaired) electrons. The molecular weight excluding hydrogens is 351 g/mol. The molecule has 0 aromatic heterocycles. The normalized spacial score (nSPS) is 18.3. The van der Waals surface area contributed by atoms with Crippen LogP contribution in [0.15, 0.2) is 53.4 Å². The predicted molar refractivity (Wildman–Crippen MR) is 102 cm³/mol. The Labute approximate surface area is 156 Å². The van der Waals surface area contributed by atoms with Crippen molar-refractivity contribution >= 4 is 29.3 Å². The largest absolute Gasteiger partial charge is 0.336 e. The van der Waals surface area contributed by atoms with Crippen LogP contribution in [0.4, 0.5) is 10.1 Å². The van der Waals surface area contributed by atoms with Crippen molar-refractivity contribution in [2.45, 2.75) is 17.2 Å². The zero-order chi connectivity index (χ0) is 18.7. The number of halogens is 1. The number of likely N-dealkylation sites (N-methyl/N-ethyl adjacent to an activating group) is 1. The monoisotopic (exact) mass is 372 g/mol. The van der Waals surface area contributed by atoms with Crippen LogP contribution in [0.5, 0.6) is 0 Å². The van der Waals surface area contributed by atoms with Crippen LogP contribution in [0.25, 0.3) is 0 Å². The fourth-order valence-corrected chi connectivity index (χ4v) is 3.66. The molecule has 6 heteroatoms. The van der Waals surface area contributed by atoms with Gasteiger partial charge in [-0.2, -0.15) is 0 Å². The minimum atomic E-state index is -0.276. The van der Waals surface area contributed by atoms with Gasteiger partial charge in [0.1, 0.15) is 5.82 Å². The summed E-state index contributed by atoms with van der Waals surface area (Å²) in [5.41, 5.74) is 1.32. The molecule has 1 saturated carbocycles. The maximum absolute atomic E-state index is 13.9. The second kappa shape index (κ2) is 7.91. The number of carbonyl (C=O) groups excluding carboxylic acids is 2. The van der Waals surface area contributed by atoms with Crippen LogP contribution < -0.4 is 5.32 Å². The number of nitrogens with one attached hydrogen (secondary N) is 1. The zero-order valence-electron chi connectivity index (χ0n) is 14.7. The summed E-state index contributed by atoms with van der Waals surface area (Å²) < 4.78 is 13.9. The van der Waals surface area contributed by atoms with Gasteiger partial charge >= 0.3 is 0 Å². The maximum atomic E-state index is 13.9. The highest BCUT2D eigenvalue weighted by molar-refractivity contribution is 7.98. The van der Waals surface area contributed by atoms with E-state index in [0.717, 1.165) is 10.6 Å². The Morgan fingerprint density at radius 2 is 1.88 bits per heavy atom. The molecule has 2 amide bonds. The predicted octanol–water partition coefficient (Wildman–Crippen LogP) is 3.75. The Kier molecular flexibility index (Phi) is 5.61. The van der Waals surface area contributed by atoms with Gasteiger partial charge in [0, 0.05) is 17.9 Å². The number of para-hydroxylation sites is 1. The van der Waals surface area contributed by atoms with E-state index in [-0.39, 0.29) is 36.0 Å². The van der Waals surface area contributed by atoms with E-state index in [1.807, 2.05) is 30.5 Å². The first-order valence-corrected chi connectivity index (χ1v) is 9.66. The average molecular weight is 372 g/mol. The van der Waals surface area contributed by atoms with E-state index in [0.29, 0.717) is 12.0 Å². The summed E-state index contributed by atoms with van der Waals surface area (Å²) in [6.45, 7) is -0.0258. The molecule has 2 unspecified atom stereocenters. The first-order chi connectivity index (χ1) is 12.5. The Morgan fingerprint density at radius 3 is 2.62 bits per heavy atom. The molecule has 3 rings (SSSR count). The van der Waals surface area contributed by atoms with Crippen molar-refractivity contribution in [1.29, 1.82) is 0 Å². The van der Waals surface area contributed by atoms with Crippen LogP contribution in [0.3, 0.4) is 0 Å². The lowest BCUT2D eigenvalue weighted by molar-refractivity contribution is -0.134. The van der Waals surface area contributed by atoms with Gasteiger partial charge in [0.15, 0.2) is 0 Å². The van der Waals surface area contributed by atoms with Crippen molar-refractivity contribution in [1.82, 2.24) is 4.90 Å². The van der Waals surface area contributed by atoms with E-state index in [4.69, 9.17) is 0 Å². The van der Waals surface area contributed by atoms with Crippen molar-refractivity contribution < 1.29 is 14.0 Å². The molecule has 26 heavy (non-hydrogen) atoms. The summed E-state index contributed by atoms with van der Waals surface area (Å²) in [6, 6.07) is 14.1. The standard InChI is InChI=1S/C20H21FN2O2S/c1-23(12-19(24)22-17-9-5-6-10-18(17)26-2)20(25)15-11-14(15)13-7-3-4-8-16(13)21/h3-10,14-15H,11-12H2,1-2H3,(H,22,24). The molecular formula is C20H21FN2O2S. The summed E-state index contributed by atoms with van der Waals surface area (Å²) >= 11 is 1.55. The SMILES string of the molecule is CSc1ccccc1NC(=O)CN(C)C(=O)C1CC1c1ccccc1F. The number of hydrogen-bond donors (Lipinski definition) is 1. The highest BCUT2D eigenvalue weighted by Gasteiger charge is 2.46. The molecule has 1 fully saturated rings. The first kappa shape index (κ1) is 18.5. The molecule has 2 atom stereocenters. The van der Waals surface area contributed by atoms with Gasteiger partial charge in [0.2, 0.25) is 11.8 Å². The van der Waals surface area contributed by atoms with E-state index < -0.39 is 0 Å². The lowest BCUT2D eigenvalue weighted by atomic mass is 10.1. The third kappa shape index (κ3) is 4.07. The molecule has 4 nitrogen and oxygen atoms in total. The number of amides is 2. The van der Waals surface area contributed by atoms with Crippen molar-refractivity contribution in [3.8, 4) is 0 Å². The highest BCUT2D eigenvalue weighted by Crippen LogP contribution is 2.49. The molecule has 0 spiro atoms. The Bertz CT molecular complexity index is 827. The summed E-state index contributed by atoms with van der Waals surface area (Å²) in [5.74, 6) is -0.978. The fourth-order valence-electron chi connectivity index (χ4n) is 3.10. The Morgan fingerprint density at radius 1 is 1.19 bits per heavy atom. The Hall–Kier alpha value is -2.34. The number of carbonyl (C=O) groups is 2. The average Bonchev–Trinajstić information content (AvgIpc) is 3.42. The molecule has 136 valence electrons. The Balaban J connectivity index is 1.57. The van der Waals surface area contributed by atoms with Crippen molar-refractivity contribution in [2.24, 2.45) is 5.92 Å². The molecule has 1 N–H and O–H groups in total. The summed E-state index contributed by atoms with van der Waals surface area (Å²) in [7, 11) is 1.61. The van der Waals surface area contributed by atoms with E-state index >= 15 is 0 Å². The van der Waals surface area contributed by atoms with Crippen molar-refractivity contribution in [3.63, 3.8) is 0 Å². The molecule has 2 aromatic rings. The van der Waals surface area contributed by atoms with Gasteiger partial charge in [-0.3, -0.25) is 9.59 Å². The topological polar surface area (TPSA) is 49.4 Å². The number of hydrogen-bond acceptors (Lipinski definition) is 3. The minimum absolute atomic E-state index is 0.0258. The fraction of sp³-hybridized carbons (Fsp3) is 0.300. The number of thioether (sulfide) groups is 1. The van der Waals surface area contributed by atoms with Crippen LogP contribution >= 0.6 is 11.8 Å². The maximum Gasteiger partial charge on any atom is 0.244 e. The number of anilines is 1. The minimum Gasteiger partial charge on any atom is -0.336 e. The first-order valence-electron chi connectivity index (χ1n) is 8.43. The van der Waals surface area contributed by atoms with Gasteiger partial charge in [0.05, 0.1) is 12.2 Å². The second-order valence-electron chi connectivity index (χ2n) is 6.41. The second-order valence-corrected chi connectivity index (χ2v) is 7.26. The van der Waals surface area contributed by atoms with Crippen molar-refractivity contribution in [3.05, 3.63) is 59.9 Å². The van der Waals surface area contributed by atoms with Crippen molar-refractivity contribution in [2.75, 3.05) is 25.2 Å². The number of nitrogens with zero attached hydrogens (tertiary/aromatic N) is 1. The third-order valence-electron chi connectivity index (χ3n) is 4.55. The molecule has 1 aliphatic rings. The van der Waals surface area contributed by atoms with Gasteiger partial charge in [-0.1, -0.05) is 30.3 Å². The third-order valence-corrected chi connectivity index (χ3v) is 5.35. The molecule has 2 aromatic carbocycles. The van der Waals surface area contributed by atoms with Crippen LogP contribution in [-0.2, 0) is 9.59 Å². The van der Waals surface area contributed by atoms with E-state index in [9.17, 15) is 14.0 Å².